The van der Waals surface area contributed by atoms with E-state index in [1.54, 1.807) is 0 Å². The molecule has 1 rings (SSSR count). The van der Waals surface area contributed by atoms with Crippen LogP contribution in [0.4, 0.5) is 0 Å². The van der Waals surface area contributed by atoms with Crippen molar-refractivity contribution in [1.82, 2.24) is 4.98 Å². The fourth-order valence-electron chi connectivity index (χ4n) is 0.278. The van der Waals surface area contributed by atoms with Gasteiger partial charge in [0.1, 0.15) is 0 Å². The number of carbonyl (C=O) groups excluding carboxylic acids is 2. The second-order valence-corrected chi connectivity index (χ2v) is 1.16. The molecule has 0 saturated heterocycles. The van der Waals surface area contributed by atoms with Crippen molar-refractivity contribution < 1.29 is 9.59 Å². The standard InChI is InChI=1S/C4H5N.C2H2O2/c1-2-4-5-3-1;3-1-2-4/h1-5H;1-2H. The first-order valence-corrected chi connectivity index (χ1v) is 2.38. The third-order valence-corrected chi connectivity index (χ3v) is 0.552. The van der Waals surface area contributed by atoms with E-state index in [4.69, 9.17) is 9.59 Å². The lowest BCUT2D eigenvalue weighted by atomic mass is 10.7. The van der Waals surface area contributed by atoms with E-state index in [0.29, 0.717) is 0 Å². The molecule has 1 aromatic heterocycles. The van der Waals surface area contributed by atoms with Crippen LogP contribution in [-0.4, -0.2) is 17.6 Å². The van der Waals surface area contributed by atoms with Crippen molar-refractivity contribution in [3.8, 4) is 0 Å². The second kappa shape index (κ2) is 6.62. The van der Waals surface area contributed by atoms with Crippen molar-refractivity contribution in [3.63, 3.8) is 0 Å². The number of H-pyrrole nitrogens is 1. The van der Waals surface area contributed by atoms with Crippen LogP contribution in [0.1, 0.15) is 0 Å². The van der Waals surface area contributed by atoms with Crippen LogP contribution in [0.5, 0.6) is 0 Å². The highest BCUT2D eigenvalue weighted by atomic mass is 16.2. The quantitative estimate of drug-likeness (QED) is 0.436. The van der Waals surface area contributed by atoms with E-state index in [1.165, 1.54) is 0 Å². The fourth-order valence-corrected chi connectivity index (χ4v) is 0.278. The van der Waals surface area contributed by atoms with Crippen LogP contribution >= 0.6 is 0 Å². The third-order valence-electron chi connectivity index (χ3n) is 0.552. The maximum atomic E-state index is 8.81. The lowest BCUT2D eigenvalue weighted by Crippen LogP contribution is -1.62. The highest BCUT2D eigenvalue weighted by Gasteiger charge is 1.55. The molecule has 0 aliphatic heterocycles. The Morgan fingerprint density at radius 1 is 1.00 bits per heavy atom. The molecule has 0 saturated carbocycles. The maximum Gasteiger partial charge on any atom is 0.182 e. The summed E-state index contributed by atoms with van der Waals surface area (Å²) < 4.78 is 0. The van der Waals surface area contributed by atoms with Gasteiger partial charge in [-0.2, -0.15) is 0 Å². The van der Waals surface area contributed by atoms with Gasteiger partial charge in [-0.1, -0.05) is 0 Å². The Bertz CT molecular complexity index is 123. The van der Waals surface area contributed by atoms with Gasteiger partial charge in [-0.3, -0.25) is 9.59 Å². The highest BCUT2D eigenvalue weighted by molar-refractivity contribution is 6.09. The molecule has 0 aromatic carbocycles. The van der Waals surface area contributed by atoms with Gasteiger partial charge in [0.15, 0.2) is 12.6 Å². The Morgan fingerprint density at radius 3 is 1.56 bits per heavy atom. The van der Waals surface area contributed by atoms with Gasteiger partial charge in [0, 0.05) is 12.4 Å². The molecule has 9 heavy (non-hydrogen) atoms. The van der Waals surface area contributed by atoms with Crippen LogP contribution < -0.4 is 0 Å². The molecule has 0 atom stereocenters. The first-order chi connectivity index (χ1) is 4.41. The maximum absolute atomic E-state index is 8.81. The Kier molecular flexibility index (Phi) is 5.60. The summed E-state index contributed by atoms with van der Waals surface area (Å²) >= 11 is 0. The van der Waals surface area contributed by atoms with Crippen molar-refractivity contribution in [2.24, 2.45) is 0 Å². The Labute approximate surface area is 52.7 Å². The smallest absolute Gasteiger partial charge is 0.182 e. The summed E-state index contributed by atoms with van der Waals surface area (Å²) in [6, 6.07) is 3.89. The van der Waals surface area contributed by atoms with Crippen molar-refractivity contribution in [1.29, 1.82) is 0 Å². The van der Waals surface area contributed by atoms with Gasteiger partial charge in [-0.05, 0) is 12.1 Å². The van der Waals surface area contributed by atoms with Crippen molar-refractivity contribution >= 4 is 12.6 Å². The summed E-state index contributed by atoms with van der Waals surface area (Å²) in [5.74, 6) is 0. The van der Waals surface area contributed by atoms with E-state index in [0.717, 1.165) is 0 Å². The average molecular weight is 125 g/mol. The topological polar surface area (TPSA) is 49.9 Å². The summed E-state index contributed by atoms with van der Waals surface area (Å²) in [5.41, 5.74) is 0. The van der Waals surface area contributed by atoms with Gasteiger partial charge in [-0.25, -0.2) is 0 Å². The van der Waals surface area contributed by atoms with E-state index in [2.05, 4.69) is 4.98 Å². The molecule has 0 aliphatic rings. The minimum absolute atomic E-state index is 0.194. The second-order valence-electron chi connectivity index (χ2n) is 1.16. The van der Waals surface area contributed by atoms with E-state index < -0.39 is 0 Å². The number of aromatic amines is 1. The van der Waals surface area contributed by atoms with Crippen LogP contribution in [0.15, 0.2) is 24.5 Å². The molecule has 0 unspecified atom stereocenters. The Hall–Kier alpha value is -1.38. The number of aldehydes is 2. The highest BCUT2D eigenvalue weighted by Crippen LogP contribution is 1.72. The zero-order valence-corrected chi connectivity index (χ0v) is 4.78. The van der Waals surface area contributed by atoms with Crippen molar-refractivity contribution in [2.75, 3.05) is 0 Å². The molecule has 1 aromatic rings. The van der Waals surface area contributed by atoms with Gasteiger partial charge in [0.2, 0.25) is 0 Å². The Balaban J connectivity index is 0.000000148. The number of aromatic nitrogens is 1. The molecule has 1 heterocycles. The van der Waals surface area contributed by atoms with Gasteiger partial charge < -0.3 is 4.98 Å². The first-order valence-electron chi connectivity index (χ1n) is 2.38. The van der Waals surface area contributed by atoms with E-state index in [9.17, 15) is 0 Å². The molecule has 0 fully saturated rings. The Morgan fingerprint density at radius 2 is 1.44 bits per heavy atom. The predicted molar refractivity (Wildman–Crippen MR) is 32.9 cm³/mol. The van der Waals surface area contributed by atoms with Crippen molar-refractivity contribution in [3.05, 3.63) is 24.5 Å². The number of hydrogen-bond acceptors (Lipinski definition) is 2. The molecule has 0 bridgehead atoms. The zero-order chi connectivity index (χ0) is 6.95. The van der Waals surface area contributed by atoms with Crippen LogP contribution in [0, 0.1) is 0 Å². The molecule has 1 N–H and O–H groups in total. The van der Waals surface area contributed by atoms with Gasteiger partial charge in [0.25, 0.3) is 0 Å². The summed E-state index contributed by atoms with van der Waals surface area (Å²) in [4.78, 5) is 20.5. The molecule has 0 spiro atoms. The minimum atomic E-state index is 0.194. The van der Waals surface area contributed by atoms with Gasteiger partial charge >= 0.3 is 0 Å². The molecule has 0 radical (unpaired) electrons. The van der Waals surface area contributed by atoms with Gasteiger partial charge in [-0.15, -0.1) is 0 Å². The summed E-state index contributed by atoms with van der Waals surface area (Å²) in [5, 5.41) is 0. The molecule has 0 amide bonds. The van der Waals surface area contributed by atoms with Gasteiger partial charge in [0.05, 0.1) is 0 Å². The lowest BCUT2D eigenvalue weighted by Gasteiger charge is -1.49. The number of hydrogen-bond donors (Lipinski definition) is 1. The summed E-state index contributed by atoms with van der Waals surface area (Å²) in [7, 11) is 0. The van der Waals surface area contributed by atoms with E-state index >= 15 is 0 Å². The number of nitrogens with one attached hydrogen (secondary N) is 1. The summed E-state index contributed by atoms with van der Waals surface area (Å²) in [6.07, 6.45) is 4.14. The minimum Gasteiger partial charge on any atom is -0.368 e. The predicted octanol–water partition coefficient (Wildman–Crippen LogP) is 0.399. The summed E-state index contributed by atoms with van der Waals surface area (Å²) in [6.45, 7) is 0. The molecule has 48 valence electrons. The monoisotopic (exact) mass is 125 g/mol. The largest absolute Gasteiger partial charge is 0.368 e. The number of rotatable bonds is 1. The van der Waals surface area contributed by atoms with Crippen LogP contribution in [0.3, 0.4) is 0 Å². The molecule has 0 aliphatic carbocycles. The normalized spacial score (nSPS) is 6.67. The molecule has 3 heteroatoms. The van der Waals surface area contributed by atoms with Crippen LogP contribution in [-0.2, 0) is 9.59 Å². The molecular formula is C6H7NO2. The number of carbonyl (C=O) groups is 2. The van der Waals surface area contributed by atoms with Crippen molar-refractivity contribution in [2.45, 2.75) is 0 Å². The fraction of sp³-hybridized carbons (Fsp3) is 0. The molecular weight excluding hydrogens is 118 g/mol. The van der Waals surface area contributed by atoms with E-state index in [-0.39, 0.29) is 12.6 Å². The average Bonchev–Trinajstić information content (AvgIpc) is 2.43. The van der Waals surface area contributed by atoms with Crippen LogP contribution in [0.2, 0.25) is 0 Å². The zero-order valence-electron chi connectivity index (χ0n) is 4.78. The van der Waals surface area contributed by atoms with Crippen LogP contribution in [0.25, 0.3) is 0 Å². The SMILES string of the molecule is O=CC=O.c1cc[nH]c1. The lowest BCUT2D eigenvalue weighted by molar-refractivity contribution is -0.122. The first kappa shape index (κ1) is 7.62. The van der Waals surface area contributed by atoms with E-state index in [1.807, 2.05) is 24.5 Å². The molecule has 3 nitrogen and oxygen atoms in total. The third kappa shape index (κ3) is 6.62.